The van der Waals surface area contributed by atoms with Crippen LogP contribution in [-0.2, 0) is 17.8 Å². The van der Waals surface area contributed by atoms with Gasteiger partial charge in [0.1, 0.15) is 11.4 Å². The predicted molar refractivity (Wildman–Crippen MR) is 134 cm³/mol. The number of carboxylic acid groups (broad SMARTS) is 2. The number of aliphatic carboxylic acids is 1. The van der Waals surface area contributed by atoms with E-state index in [1.807, 2.05) is 24.3 Å². The number of aryl methyl sites for hydroxylation is 1. The second-order valence-electron chi connectivity index (χ2n) is 8.35. The quantitative estimate of drug-likeness (QED) is 0.326. The van der Waals surface area contributed by atoms with Gasteiger partial charge >= 0.3 is 11.9 Å². The summed E-state index contributed by atoms with van der Waals surface area (Å²) in [5, 5.41) is 20.8. The second kappa shape index (κ2) is 9.47. The number of hydrogen-bond acceptors (Lipinski definition) is 5. The molecule has 1 aromatic heterocycles. The Morgan fingerprint density at radius 1 is 1.03 bits per heavy atom. The lowest BCUT2D eigenvalue weighted by Crippen LogP contribution is -2.11. The molecule has 0 unspecified atom stereocenters. The number of fused-ring (bicyclic) bond motifs is 2. The molecule has 2 heterocycles. The Balaban J connectivity index is 1.73. The van der Waals surface area contributed by atoms with E-state index in [1.165, 1.54) is 7.11 Å². The number of halogens is 1. The molecule has 0 amide bonds. The molecule has 3 aromatic carbocycles. The van der Waals surface area contributed by atoms with Crippen LogP contribution in [0.25, 0.3) is 22.0 Å². The number of hydrogen-bond donors (Lipinski definition) is 2. The first kappa shape index (κ1) is 23.6. The predicted octanol–water partition coefficient (Wildman–Crippen LogP) is 5.46. The van der Waals surface area contributed by atoms with E-state index in [-0.39, 0.29) is 31.9 Å². The van der Waals surface area contributed by atoms with Gasteiger partial charge in [0.15, 0.2) is 11.5 Å². The smallest absolute Gasteiger partial charge is 0.353 e. The molecular weight excluding hydrogens is 486 g/mol. The Kier molecular flexibility index (Phi) is 6.20. The Morgan fingerprint density at radius 2 is 1.78 bits per heavy atom. The first-order chi connectivity index (χ1) is 17.4. The fraction of sp³-hybridized carbons (Fsp3) is 0.185. The molecule has 0 fully saturated rings. The van der Waals surface area contributed by atoms with Gasteiger partial charge in [-0.2, -0.15) is 0 Å². The topological polar surface area (TPSA) is 107 Å². The van der Waals surface area contributed by atoms with Gasteiger partial charge in [-0.25, -0.2) is 4.79 Å². The highest BCUT2D eigenvalue weighted by molar-refractivity contribution is 6.31. The number of rotatable bonds is 8. The molecule has 5 rings (SSSR count). The van der Waals surface area contributed by atoms with Crippen LogP contribution in [-0.4, -0.2) is 40.6 Å². The average molecular weight is 508 g/mol. The number of aromatic nitrogens is 1. The number of benzene rings is 3. The molecule has 0 aliphatic carbocycles. The fourth-order valence-electron chi connectivity index (χ4n) is 4.60. The number of nitrogens with zero attached hydrogens (tertiary/aromatic N) is 1. The Labute approximate surface area is 211 Å². The number of para-hydroxylation sites is 1. The highest BCUT2D eigenvalue weighted by Crippen LogP contribution is 2.41. The van der Waals surface area contributed by atoms with E-state index in [9.17, 15) is 19.8 Å². The lowest BCUT2D eigenvalue weighted by molar-refractivity contribution is -0.136. The molecule has 0 bridgehead atoms. The van der Waals surface area contributed by atoms with Crippen molar-refractivity contribution < 1.29 is 34.0 Å². The lowest BCUT2D eigenvalue weighted by Gasteiger charge is -2.14. The van der Waals surface area contributed by atoms with Crippen LogP contribution in [0.1, 0.15) is 28.0 Å². The van der Waals surface area contributed by atoms with Gasteiger partial charge in [-0.15, -0.1) is 0 Å². The van der Waals surface area contributed by atoms with Crippen molar-refractivity contribution in [2.75, 3.05) is 13.9 Å². The second-order valence-corrected chi connectivity index (χ2v) is 8.75. The highest BCUT2D eigenvalue weighted by Gasteiger charge is 2.26. The number of aromatic carboxylic acids is 1. The maximum absolute atomic E-state index is 12.7. The van der Waals surface area contributed by atoms with E-state index in [4.69, 9.17) is 25.8 Å². The molecule has 9 heteroatoms. The maximum Gasteiger partial charge on any atom is 0.353 e. The van der Waals surface area contributed by atoms with Crippen LogP contribution in [0.2, 0.25) is 5.02 Å². The number of carbonyl (C=O) groups is 2. The molecule has 0 spiro atoms. The molecule has 0 radical (unpaired) electrons. The molecule has 0 saturated heterocycles. The van der Waals surface area contributed by atoms with Gasteiger partial charge in [0.2, 0.25) is 6.79 Å². The van der Waals surface area contributed by atoms with Gasteiger partial charge in [0, 0.05) is 34.0 Å². The van der Waals surface area contributed by atoms with Crippen LogP contribution >= 0.6 is 11.6 Å². The van der Waals surface area contributed by atoms with Crippen molar-refractivity contribution in [1.29, 1.82) is 0 Å². The van der Waals surface area contributed by atoms with Gasteiger partial charge in [-0.3, -0.25) is 4.79 Å². The molecule has 2 N–H and O–H groups in total. The minimum Gasteiger partial charge on any atom is -0.497 e. The molecule has 0 atom stereocenters. The molecule has 8 nitrogen and oxygen atoms in total. The molecule has 36 heavy (non-hydrogen) atoms. The van der Waals surface area contributed by atoms with E-state index >= 15 is 0 Å². The van der Waals surface area contributed by atoms with E-state index in [1.54, 1.807) is 34.9 Å². The van der Waals surface area contributed by atoms with E-state index < -0.39 is 11.9 Å². The number of methoxy groups -OCH3 is 1. The largest absolute Gasteiger partial charge is 0.497 e. The van der Waals surface area contributed by atoms with Crippen LogP contribution in [0.5, 0.6) is 17.2 Å². The van der Waals surface area contributed by atoms with Crippen molar-refractivity contribution in [3.63, 3.8) is 0 Å². The first-order valence-electron chi connectivity index (χ1n) is 11.2. The lowest BCUT2D eigenvalue weighted by atomic mass is 9.94. The minimum absolute atomic E-state index is 0.0756. The van der Waals surface area contributed by atoms with E-state index in [0.29, 0.717) is 50.0 Å². The summed E-state index contributed by atoms with van der Waals surface area (Å²) < 4.78 is 17.9. The molecule has 1 aliphatic heterocycles. The third-order valence-electron chi connectivity index (χ3n) is 6.23. The van der Waals surface area contributed by atoms with E-state index in [0.717, 1.165) is 5.39 Å². The summed E-state index contributed by atoms with van der Waals surface area (Å²) in [6.45, 7) is 0.279. The Bertz CT molecular complexity index is 1510. The van der Waals surface area contributed by atoms with Crippen molar-refractivity contribution in [2.45, 2.75) is 19.4 Å². The highest BCUT2D eigenvalue weighted by atomic mass is 35.5. The van der Waals surface area contributed by atoms with Crippen LogP contribution in [0.4, 0.5) is 0 Å². The molecule has 1 aliphatic rings. The zero-order valence-corrected chi connectivity index (χ0v) is 20.0. The minimum atomic E-state index is -1.11. The summed E-state index contributed by atoms with van der Waals surface area (Å²) in [4.78, 5) is 24.1. The fourth-order valence-corrected chi connectivity index (χ4v) is 4.82. The zero-order chi connectivity index (χ0) is 25.4. The standard InChI is InChI=1S/C27H22ClNO7/c1-34-17-7-8-18(15(10-17)6-9-24(30)31)25-19-4-2-3-5-21(19)29(26(25)27(32)33)13-16-11-22-23(12-20(16)28)36-14-35-22/h2-5,7-8,10-12H,6,9,13-14H2,1H3,(H,30,31)(H,32,33). The third kappa shape index (κ3) is 4.20. The normalized spacial score (nSPS) is 12.2. The molecule has 184 valence electrons. The summed E-state index contributed by atoms with van der Waals surface area (Å²) in [6.07, 6.45) is 0.114. The summed E-state index contributed by atoms with van der Waals surface area (Å²) in [6, 6.07) is 16.1. The van der Waals surface area contributed by atoms with Crippen molar-refractivity contribution >= 4 is 34.4 Å². The Hall–Kier alpha value is -4.17. The van der Waals surface area contributed by atoms with Crippen molar-refractivity contribution in [3.8, 4) is 28.4 Å². The average Bonchev–Trinajstić information content (AvgIpc) is 3.44. The van der Waals surface area contributed by atoms with Crippen molar-refractivity contribution in [2.24, 2.45) is 0 Å². The van der Waals surface area contributed by atoms with Crippen molar-refractivity contribution in [3.05, 3.63) is 76.4 Å². The van der Waals surface area contributed by atoms with Gasteiger partial charge in [-0.05, 0) is 47.4 Å². The van der Waals surface area contributed by atoms with Crippen LogP contribution in [0.15, 0.2) is 54.6 Å². The Morgan fingerprint density at radius 3 is 2.50 bits per heavy atom. The molecule has 4 aromatic rings. The summed E-state index contributed by atoms with van der Waals surface area (Å²) in [5.41, 5.74) is 3.30. The van der Waals surface area contributed by atoms with Gasteiger partial charge in [-0.1, -0.05) is 35.9 Å². The SMILES string of the molecule is COc1ccc(-c2c(C(=O)O)n(Cc3cc4c(cc3Cl)OCO4)c3ccccc23)c(CCC(=O)O)c1. The van der Waals surface area contributed by atoms with Gasteiger partial charge in [0.05, 0.1) is 13.7 Å². The third-order valence-corrected chi connectivity index (χ3v) is 6.59. The summed E-state index contributed by atoms with van der Waals surface area (Å²) >= 11 is 6.53. The van der Waals surface area contributed by atoms with Crippen LogP contribution in [0, 0.1) is 0 Å². The van der Waals surface area contributed by atoms with Crippen molar-refractivity contribution in [1.82, 2.24) is 4.57 Å². The van der Waals surface area contributed by atoms with Crippen LogP contribution in [0.3, 0.4) is 0 Å². The monoisotopic (exact) mass is 507 g/mol. The number of carboxylic acids is 2. The molecule has 0 saturated carbocycles. The first-order valence-corrected chi connectivity index (χ1v) is 11.6. The van der Waals surface area contributed by atoms with E-state index in [2.05, 4.69) is 0 Å². The number of ether oxygens (including phenoxy) is 3. The molecular formula is C27H22ClNO7. The van der Waals surface area contributed by atoms with Crippen LogP contribution < -0.4 is 14.2 Å². The maximum atomic E-state index is 12.7. The van der Waals surface area contributed by atoms with Gasteiger partial charge in [0.25, 0.3) is 0 Å². The van der Waals surface area contributed by atoms with Gasteiger partial charge < -0.3 is 29.0 Å². The zero-order valence-electron chi connectivity index (χ0n) is 19.3. The summed E-state index contributed by atoms with van der Waals surface area (Å²) in [7, 11) is 1.53. The summed E-state index contributed by atoms with van der Waals surface area (Å²) in [5.74, 6) is -0.400.